The fourth-order valence-corrected chi connectivity index (χ4v) is 2.35. The second-order valence-electron chi connectivity index (χ2n) is 6.46. The van der Waals surface area contributed by atoms with Gasteiger partial charge in [0.05, 0.1) is 17.6 Å². The molecule has 0 unspecified atom stereocenters. The Hall–Kier alpha value is -1.16. The summed E-state index contributed by atoms with van der Waals surface area (Å²) in [7, 11) is 0. The first-order valence-corrected chi connectivity index (χ1v) is 8.47. The minimum atomic E-state index is 0.373. The Morgan fingerprint density at radius 3 is 2.52 bits per heavy atom. The maximum absolute atomic E-state index is 4.77. The van der Waals surface area contributed by atoms with Crippen molar-refractivity contribution in [2.75, 3.05) is 11.9 Å². The van der Waals surface area contributed by atoms with Gasteiger partial charge < -0.3 is 10.6 Å². The molecule has 4 nitrogen and oxygen atoms in total. The fourth-order valence-electron chi connectivity index (χ4n) is 2.35. The summed E-state index contributed by atoms with van der Waals surface area (Å²) in [5.41, 5.74) is 2.21. The van der Waals surface area contributed by atoms with Gasteiger partial charge in [0.1, 0.15) is 5.82 Å². The monoisotopic (exact) mass is 290 g/mol. The molecule has 1 fully saturated rings. The molecule has 0 radical (unpaired) electrons. The van der Waals surface area contributed by atoms with Gasteiger partial charge in [-0.2, -0.15) is 0 Å². The van der Waals surface area contributed by atoms with Crippen LogP contribution in [0.15, 0.2) is 6.20 Å². The third kappa shape index (κ3) is 4.95. The summed E-state index contributed by atoms with van der Waals surface area (Å²) in [6.45, 7) is 10.6. The molecule has 2 rings (SSSR count). The summed E-state index contributed by atoms with van der Waals surface area (Å²) >= 11 is 0. The van der Waals surface area contributed by atoms with Crippen molar-refractivity contribution >= 4 is 5.69 Å². The minimum absolute atomic E-state index is 0.373. The largest absolute Gasteiger partial charge is 0.382 e. The Balaban J connectivity index is 2.05. The van der Waals surface area contributed by atoms with Gasteiger partial charge in [0.15, 0.2) is 0 Å². The normalized spacial score (nSPS) is 15.0. The summed E-state index contributed by atoms with van der Waals surface area (Å²) in [5.74, 6) is 2.03. The van der Waals surface area contributed by atoms with Gasteiger partial charge in [0, 0.05) is 25.0 Å². The van der Waals surface area contributed by atoms with E-state index in [1.807, 2.05) is 6.20 Å². The summed E-state index contributed by atoms with van der Waals surface area (Å²) in [5, 5.41) is 7.13. The second-order valence-corrected chi connectivity index (χ2v) is 6.46. The Morgan fingerprint density at radius 2 is 1.95 bits per heavy atom. The van der Waals surface area contributed by atoms with Crippen LogP contribution in [0.5, 0.6) is 0 Å². The van der Waals surface area contributed by atoms with Crippen LogP contribution < -0.4 is 10.6 Å². The first kappa shape index (κ1) is 16.2. The zero-order valence-electron chi connectivity index (χ0n) is 13.9. The maximum atomic E-state index is 4.77. The highest BCUT2D eigenvalue weighted by molar-refractivity contribution is 5.46. The average Bonchev–Trinajstić information content (AvgIpc) is 3.30. The van der Waals surface area contributed by atoms with Crippen molar-refractivity contribution in [3.05, 3.63) is 17.7 Å². The summed E-state index contributed by atoms with van der Waals surface area (Å²) in [6.07, 6.45) is 7.00. The van der Waals surface area contributed by atoms with E-state index in [9.17, 15) is 0 Å². The number of rotatable bonds is 9. The van der Waals surface area contributed by atoms with Crippen LogP contribution in [0.1, 0.15) is 70.8 Å². The number of nitrogens with one attached hydrogen (secondary N) is 2. The first-order chi connectivity index (χ1) is 10.1. The topological polar surface area (TPSA) is 49.8 Å². The van der Waals surface area contributed by atoms with Crippen LogP contribution in [0.2, 0.25) is 0 Å². The van der Waals surface area contributed by atoms with E-state index in [0.717, 1.165) is 36.2 Å². The van der Waals surface area contributed by atoms with Crippen LogP contribution >= 0.6 is 0 Å². The van der Waals surface area contributed by atoms with E-state index in [0.29, 0.717) is 12.0 Å². The molecule has 0 saturated heterocycles. The standard InChI is InChI=1S/C17H30N4/c1-5-13(6-2)9-19-15-10-20-17(12(3)4)21-16(15)11-18-14-7-8-14/h10,12-14,18-19H,5-9,11H2,1-4H3. The van der Waals surface area contributed by atoms with Gasteiger partial charge in [-0.1, -0.05) is 40.5 Å². The SMILES string of the molecule is CCC(CC)CNc1cnc(C(C)C)nc1CNC1CC1. The molecule has 1 aromatic rings. The third-order valence-corrected chi connectivity index (χ3v) is 4.27. The molecule has 1 saturated carbocycles. The molecular weight excluding hydrogens is 260 g/mol. The van der Waals surface area contributed by atoms with E-state index in [1.54, 1.807) is 0 Å². The quantitative estimate of drug-likeness (QED) is 0.728. The van der Waals surface area contributed by atoms with Crippen molar-refractivity contribution in [2.45, 2.75) is 71.9 Å². The molecule has 0 spiro atoms. The third-order valence-electron chi connectivity index (χ3n) is 4.27. The number of hydrogen-bond donors (Lipinski definition) is 2. The van der Waals surface area contributed by atoms with Crippen LogP contribution in [0, 0.1) is 5.92 Å². The summed E-state index contributed by atoms with van der Waals surface area (Å²) in [6, 6.07) is 0.703. The lowest BCUT2D eigenvalue weighted by molar-refractivity contribution is 0.518. The molecule has 1 heterocycles. The van der Waals surface area contributed by atoms with Crippen molar-refractivity contribution in [1.29, 1.82) is 0 Å². The molecule has 1 aliphatic carbocycles. The molecule has 21 heavy (non-hydrogen) atoms. The van der Waals surface area contributed by atoms with Crippen molar-refractivity contribution < 1.29 is 0 Å². The molecule has 4 heteroatoms. The first-order valence-electron chi connectivity index (χ1n) is 8.47. The van der Waals surface area contributed by atoms with Crippen LogP contribution in [-0.2, 0) is 6.54 Å². The van der Waals surface area contributed by atoms with Gasteiger partial charge in [-0.15, -0.1) is 0 Å². The van der Waals surface area contributed by atoms with E-state index in [4.69, 9.17) is 4.98 Å². The van der Waals surface area contributed by atoms with Crippen LogP contribution in [0.4, 0.5) is 5.69 Å². The van der Waals surface area contributed by atoms with E-state index >= 15 is 0 Å². The van der Waals surface area contributed by atoms with Gasteiger partial charge in [0.2, 0.25) is 0 Å². The smallest absolute Gasteiger partial charge is 0.131 e. The van der Waals surface area contributed by atoms with Gasteiger partial charge in [0.25, 0.3) is 0 Å². The maximum Gasteiger partial charge on any atom is 0.131 e. The lowest BCUT2D eigenvalue weighted by Gasteiger charge is -2.17. The predicted octanol–water partition coefficient (Wildman–Crippen LogP) is 3.70. The summed E-state index contributed by atoms with van der Waals surface area (Å²) in [4.78, 5) is 9.28. The fraction of sp³-hybridized carbons (Fsp3) is 0.765. The van der Waals surface area contributed by atoms with Crippen molar-refractivity contribution in [3.63, 3.8) is 0 Å². The minimum Gasteiger partial charge on any atom is -0.382 e. The molecule has 0 bridgehead atoms. The average molecular weight is 290 g/mol. The Bertz CT molecular complexity index is 436. The highest BCUT2D eigenvalue weighted by Gasteiger charge is 2.21. The number of hydrogen-bond acceptors (Lipinski definition) is 4. The second kappa shape index (κ2) is 7.74. The predicted molar refractivity (Wildman–Crippen MR) is 88.5 cm³/mol. The lowest BCUT2D eigenvalue weighted by atomic mass is 10.0. The molecule has 0 aliphatic heterocycles. The van der Waals surface area contributed by atoms with E-state index in [2.05, 4.69) is 43.3 Å². The van der Waals surface area contributed by atoms with Crippen molar-refractivity contribution in [1.82, 2.24) is 15.3 Å². The van der Waals surface area contributed by atoms with Gasteiger partial charge in [-0.05, 0) is 18.8 Å². The number of aromatic nitrogens is 2. The highest BCUT2D eigenvalue weighted by Crippen LogP contribution is 2.22. The van der Waals surface area contributed by atoms with Crippen molar-refractivity contribution in [2.24, 2.45) is 5.92 Å². The zero-order valence-corrected chi connectivity index (χ0v) is 13.9. The molecular formula is C17H30N4. The molecule has 0 atom stereocenters. The number of nitrogens with zero attached hydrogens (tertiary/aromatic N) is 2. The van der Waals surface area contributed by atoms with E-state index in [-0.39, 0.29) is 0 Å². The molecule has 118 valence electrons. The van der Waals surface area contributed by atoms with Crippen LogP contribution in [0.3, 0.4) is 0 Å². The van der Waals surface area contributed by atoms with Gasteiger partial charge in [-0.3, -0.25) is 0 Å². The Kier molecular flexibility index (Phi) is 5.97. The molecule has 2 N–H and O–H groups in total. The van der Waals surface area contributed by atoms with E-state index < -0.39 is 0 Å². The molecule has 0 aromatic carbocycles. The Labute approximate surface area is 129 Å². The highest BCUT2D eigenvalue weighted by atomic mass is 15.0. The molecule has 1 aliphatic rings. The van der Waals surface area contributed by atoms with Crippen LogP contribution in [0.25, 0.3) is 0 Å². The molecule has 1 aromatic heterocycles. The van der Waals surface area contributed by atoms with Crippen LogP contribution in [-0.4, -0.2) is 22.6 Å². The van der Waals surface area contributed by atoms with E-state index in [1.165, 1.54) is 25.7 Å². The number of anilines is 1. The summed E-state index contributed by atoms with van der Waals surface area (Å²) < 4.78 is 0. The lowest BCUT2D eigenvalue weighted by Crippen LogP contribution is -2.20. The molecule has 0 amide bonds. The van der Waals surface area contributed by atoms with Crippen molar-refractivity contribution in [3.8, 4) is 0 Å². The van der Waals surface area contributed by atoms with Gasteiger partial charge >= 0.3 is 0 Å². The Morgan fingerprint density at radius 1 is 1.24 bits per heavy atom. The zero-order chi connectivity index (χ0) is 15.2. The van der Waals surface area contributed by atoms with Gasteiger partial charge in [-0.25, -0.2) is 9.97 Å².